The number of methoxy groups -OCH3 is 1. The zero-order chi connectivity index (χ0) is 14.1. The highest BCUT2D eigenvalue weighted by atomic mass is 16.5. The third-order valence-electron chi connectivity index (χ3n) is 3.75. The van der Waals surface area contributed by atoms with Crippen LogP contribution < -0.4 is 11.1 Å². The fourth-order valence-electron chi connectivity index (χ4n) is 2.70. The molecule has 2 aromatic rings. The van der Waals surface area contributed by atoms with E-state index < -0.39 is 5.97 Å². The van der Waals surface area contributed by atoms with Crippen molar-refractivity contribution in [3.8, 4) is 0 Å². The van der Waals surface area contributed by atoms with E-state index in [-0.39, 0.29) is 0 Å². The predicted molar refractivity (Wildman–Crippen MR) is 75.6 cm³/mol. The first-order valence-corrected chi connectivity index (χ1v) is 6.74. The minimum absolute atomic E-state index is 0.355. The molecule has 0 radical (unpaired) electrons. The van der Waals surface area contributed by atoms with Gasteiger partial charge in [0.05, 0.1) is 12.6 Å². The van der Waals surface area contributed by atoms with Gasteiger partial charge in [-0.25, -0.2) is 9.78 Å². The summed E-state index contributed by atoms with van der Waals surface area (Å²) in [6, 6.07) is 3.58. The van der Waals surface area contributed by atoms with Crippen LogP contribution in [-0.4, -0.2) is 35.6 Å². The van der Waals surface area contributed by atoms with E-state index in [2.05, 4.69) is 10.3 Å². The fourth-order valence-corrected chi connectivity index (χ4v) is 2.70. The van der Waals surface area contributed by atoms with Gasteiger partial charge in [-0.1, -0.05) is 0 Å². The number of esters is 1. The van der Waals surface area contributed by atoms with Gasteiger partial charge in [0.2, 0.25) is 0 Å². The number of pyridine rings is 1. The van der Waals surface area contributed by atoms with Gasteiger partial charge in [0.1, 0.15) is 5.82 Å². The number of nitrogens with zero attached hydrogens (tertiary/aromatic N) is 2. The maximum absolute atomic E-state index is 11.8. The quantitative estimate of drug-likeness (QED) is 0.811. The Kier molecular flexibility index (Phi) is 3.31. The molecule has 0 aliphatic carbocycles. The molecule has 1 atom stereocenters. The van der Waals surface area contributed by atoms with Crippen LogP contribution in [0, 0.1) is 5.92 Å². The molecule has 1 aliphatic heterocycles. The van der Waals surface area contributed by atoms with E-state index >= 15 is 0 Å². The number of carbonyl (C=O) groups is 1. The molecule has 6 heteroatoms. The summed E-state index contributed by atoms with van der Waals surface area (Å²) in [6.07, 6.45) is 3.77. The molecule has 2 aromatic heterocycles. The van der Waals surface area contributed by atoms with Crippen molar-refractivity contribution in [3.63, 3.8) is 0 Å². The Morgan fingerprint density at radius 1 is 1.60 bits per heavy atom. The number of nitrogens with two attached hydrogens (primary N) is 1. The van der Waals surface area contributed by atoms with Gasteiger partial charge >= 0.3 is 5.97 Å². The number of hydrogen-bond acceptors (Lipinski definition) is 5. The Morgan fingerprint density at radius 3 is 3.15 bits per heavy atom. The zero-order valence-electron chi connectivity index (χ0n) is 11.4. The predicted octanol–water partition coefficient (Wildman–Crippen LogP) is 0.855. The summed E-state index contributed by atoms with van der Waals surface area (Å²) in [5.41, 5.74) is 7.59. The lowest BCUT2D eigenvalue weighted by Crippen LogP contribution is -2.12. The average molecular weight is 274 g/mol. The van der Waals surface area contributed by atoms with E-state index in [0.29, 0.717) is 17.3 Å². The standard InChI is InChI=1S/C14H18N4O2/c1-20-14(19)13-11-3-2-10(15)8-18(11)12(17-13)6-9-4-5-16-7-9/h2-3,8-9,16H,4-7,15H2,1H3. The monoisotopic (exact) mass is 274 g/mol. The van der Waals surface area contributed by atoms with E-state index in [1.807, 2.05) is 16.7 Å². The number of nitrogen functional groups attached to an aromatic ring is 1. The average Bonchev–Trinajstić information content (AvgIpc) is 3.07. The summed E-state index contributed by atoms with van der Waals surface area (Å²) >= 11 is 0. The number of aromatic nitrogens is 2. The first-order chi connectivity index (χ1) is 9.69. The number of rotatable bonds is 3. The topological polar surface area (TPSA) is 81.6 Å². The maximum atomic E-state index is 11.8. The first-order valence-electron chi connectivity index (χ1n) is 6.74. The maximum Gasteiger partial charge on any atom is 0.358 e. The highest BCUT2D eigenvalue weighted by molar-refractivity contribution is 5.95. The highest BCUT2D eigenvalue weighted by Crippen LogP contribution is 2.21. The largest absolute Gasteiger partial charge is 0.464 e. The Balaban J connectivity index is 2.05. The zero-order valence-corrected chi connectivity index (χ0v) is 11.4. The van der Waals surface area contributed by atoms with Crippen LogP contribution >= 0.6 is 0 Å². The number of hydrogen-bond donors (Lipinski definition) is 2. The summed E-state index contributed by atoms with van der Waals surface area (Å²) in [5, 5.41) is 3.34. The molecule has 0 amide bonds. The molecule has 0 saturated carbocycles. The first kappa shape index (κ1) is 12.9. The molecular formula is C14H18N4O2. The van der Waals surface area contributed by atoms with Crippen LogP contribution in [0.2, 0.25) is 0 Å². The minimum atomic E-state index is -0.414. The number of nitrogens with one attached hydrogen (secondary N) is 1. The number of carbonyl (C=O) groups excluding carboxylic acids is 1. The summed E-state index contributed by atoms with van der Waals surface area (Å²) < 4.78 is 6.70. The SMILES string of the molecule is COC(=O)c1nc(CC2CCNC2)n2cc(N)ccc12. The summed E-state index contributed by atoms with van der Waals surface area (Å²) in [4.78, 5) is 16.3. The molecule has 0 aromatic carbocycles. The van der Waals surface area contributed by atoms with Crippen molar-refractivity contribution in [2.45, 2.75) is 12.8 Å². The van der Waals surface area contributed by atoms with Gasteiger partial charge in [-0.15, -0.1) is 0 Å². The van der Waals surface area contributed by atoms with Crippen LogP contribution in [0.4, 0.5) is 5.69 Å². The summed E-state index contributed by atoms with van der Waals surface area (Å²) in [6.45, 7) is 2.03. The molecular weight excluding hydrogens is 256 g/mol. The van der Waals surface area contributed by atoms with Crippen LogP contribution in [0.5, 0.6) is 0 Å². The second-order valence-corrected chi connectivity index (χ2v) is 5.15. The Labute approximate surface area is 116 Å². The Bertz CT molecular complexity index is 644. The van der Waals surface area contributed by atoms with Crippen molar-refractivity contribution in [2.75, 3.05) is 25.9 Å². The van der Waals surface area contributed by atoms with Crippen molar-refractivity contribution in [1.82, 2.24) is 14.7 Å². The summed E-state index contributed by atoms with van der Waals surface area (Å²) in [5.74, 6) is 0.997. The molecule has 3 N–H and O–H groups in total. The smallest absolute Gasteiger partial charge is 0.358 e. The van der Waals surface area contributed by atoms with Gasteiger partial charge in [0, 0.05) is 18.3 Å². The van der Waals surface area contributed by atoms with Crippen LogP contribution in [0.1, 0.15) is 22.7 Å². The lowest BCUT2D eigenvalue weighted by atomic mass is 10.0. The van der Waals surface area contributed by atoms with Gasteiger partial charge in [-0.2, -0.15) is 0 Å². The van der Waals surface area contributed by atoms with Gasteiger partial charge in [0.25, 0.3) is 0 Å². The molecule has 1 saturated heterocycles. The van der Waals surface area contributed by atoms with Crippen LogP contribution in [-0.2, 0) is 11.2 Å². The number of ether oxygens (including phenoxy) is 1. The second-order valence-electron chi connectivity index (χ2n) is 5.15. The van der Waals surface area contributed by atoms with Crippen molar-refractivity contribution in [3.05, 3.63) is 29.8 Å². The lowest BCUT2D eigenvalue weighted by Gasteiger charge is -2.07. The molecule has 1 fully saturated rings. The van der Waals surface area contributed by atoms with Crippen molar-refractivity contribution < 1.29 is 9.53 Å². The Morgan fingerprint density at radius 2 is 2.45 bits per heavy atom. The van der Waals surface area contributed by atoms with Crippen LogP contribution in [0.15, 0.2) is 18.3 Å². The van der Waals surface area contributed by atoms with Crippen molar-refractivity contribution >= 4 is 17.2 Å². The molecule has 106 valence electrons. The van der Waals surface area contributed by atoms with Crippen molar-refractivity contribution in [2.24, 2.45) is 5.92 Å². The van der Waals surface area contributed by atoms with Crippen LogP contribution in [0.3, 0.4) is 0 Å². The molecule has 20 heavy (non-hydrogen) atoms. The molecule has 1 unspecified atom stereocenters. The van der Waals surface area contributed by atoms with Gasteiger partial charge in [-0.05, 0) is 37.6 Å². The van der Waals surface area contributed by atoms with Gasteiger partial charge < -0.3 is 20.2 Å². The molecule has 0 bridgehead atoms. The fraction of sp³-hybridized carbons (Fsp3) is 0.429. The molecule has 6 nitrogen and oxygen atoms in total. The van der Waals surface area contributed by atoms with Crippen molar-refractivity contribution in [1.29, 1.82) is 0 Å². The Hall–Kier alpha value is -2.08. The highest BCUT2D eigenvalue weighted by Gasteiger charge is 2.22. The molecule has 1 aliphatic rings. The van der Waals surface area contributed by atoms with E-state index in [1.54, 1.807) is 6.07 Å². The normalized spacial score (nSPS) is 18.6. The van der Waals surface area contributed by atoms with E-state index in [4.69, 9.17) is 10.5 Å². The lowest BCUT2D eigenvalue weighted by molar-refractivity contribution is 0.0596. The third-order valence-corrected chi connectivity index (χ3v) is 3.75. The number of imidazole rings is 1. The summed E-state index contributed by atoms with van der Waals surface area (Å²) in [7, 11) is 1.37. The van der Waals surface area contributed by atoms with Crippen LogP contribution in [0.25, 0.3) is 5.52 Å². The van der Waals surface area contributed by atoms with Gasteiger partial charge in [-0.3, -0.25) is 0 Å². The van der Waals surface area contributed by atoms with E-state index in [9.17, 15) is 4.79 Å². The minimum Gasteiger partial charge on any atom is -0.464 e. The second kappa shape index (κ2) is 5.13. The molecule has 0 spiro atoms. The van der Waals surface area contributed by atoms with E-state index in [1.165, 1.54) is 7.11 Å². The number of anilines is 1. The molecule has 3 rings (SSSR count). The van der Waals surface area contributed by atoms with Gasteiger partial charge in [0.15, 0.2) is 5.69 Å². The molecule has 3 heterocycles. The third kappa shape index (κ3) is 2.22. The number of fused-ring (bicyclic) bond motifs is 1. The van der Waals surface area contributed by atoms with E-state index in [0.717, 1.165) is 37.3 Å².